The summed E-state index contributed by atoms with van der Waals surface area (Å²) in [4.78, 5) is 10.3. The Balaban J connectivity index is 2.58. The Morgan fingerprint density at radius 2 is 2.50 bits per heavy atom. The number of carboxylic acids is 1. The average molecular weight is 234 g/mol. The fraction of sp³-hybridized carbons (Fsp3) is 0.286. The van der Waals surface area contributed by atoms with Crippen molar-refractivity contribution in [2.45, 2.75) is 12.5 Å². The summed E-state index contributed by atoms with van der Waals surface area (Å²) >= 11 is 3.18. The van der Waals surface area contributed by atoms with E-state index in [1.54, 1.807) is 6.07 Å². The molecule has 0 fully saturated rings. The van der Waals surface area contributed by atoms with Crippen molar-refractivity contribution in [3.8, 4) is 0 Å². The van der Waals surface area contributed by atoms with E-state index in [1.807, 2.05) is 0 Å². The molecule has 0 saturated heterocycles. The molecule has 1 unspecified atom stereocenters. The van der Waals surface area contributed by atoms with Crippen molar-refractivity contribution in [2.24, 2.45) is 5.73 Å². The summed E-state index contributed by atoms with van der Waals surface area (Å²) in [5.74, 6) is -0.459. The van der Waals surface area contributed by atoms with Gasteiger partial charge < -0.3 is 15.3 Å². The molecule has 12 heavy (non-hydrogen) atoms. The van der Waals surface area contributed by atoms with Crippen LogP contribution < -0.4 is 5.73 Å². The molecule has 0 aromatic carbocycles. The van der Waals surface area contributed by atoms with Gasteiger partial charge in [0.05, 0.1) is 4.47 Å². The third-order valence-electron chi connectivity index (χ3n) is 1.36. The molecule has 1 atom stereocenters. The summed E-state index contributed by atoms with van der Waals surface area (Å²) in [5.41, 5.74) is 5.28. The van der Waals surface area contributed by atoms with Gasteiger partial charge in [0.15, 0.2) is 0 Å². The molecule has 1 rings (SSSR count). The van der Waals surface area contributed by atoms with Crippen molar-refractivity contribution in [1.82, 2.24) is 0 Å². The zero-order chi connectivity index (χ0) is 9.14. The SMILES string of the molecule is NC(Cc1cc(Br)co1)C(=O)O. The quantitative estimate of drug-likeness (QED) is 0.817. The zero-order valence-corrected chi connectivity index (χ0v) is 7.74. The molecule has 1 aromatic heterocycles. The number of carbonyl (C=O) groups is 1. The third-order valence-corrected chi connectivity index (χ3v) is 1.78. The number of hydrogen-bond donors (Lipinski definition) is 2. The molecule has 4 nitrogen and oxygen atoms in total. The first-order chi connectivity index (χ1) is 5.59. The first-order valence-corrected chi connectivity index (χ1v) is 4.10. The van der Waals surface area contributed by atoms with Crippen LogP contribution >= 0.6 is 15.9 Å². The Morgan fingerprint density at radius 3 is 2.92 bits per heavy atom. The van der Waals surface area contributed by atoms with Gasteiger partial charge in [-0.1, -0.05) is 0 Å². The first-order valence-electron chi connectivity index (χ1n) is 3.31. The van der Waals surface area contributed by atoms with Gasteiger partial charge in [-0.25, -0.2) is 0 Å². The van der Waals surface area contributed by atoms with Crippen molar-refractivity contribution in [2.75, 3.05) is 0 Å². The van der Waals surface area contributed by atoms with Crippen LogP contribution in [0.1, 0.15) is 5.76 Å². The summed E-state index contributed by atoms with van der Waals surface area (Å²) in [6, 6.07) is 0.797. The minimum atomic E-state index is -1.03. The molecule has 66 valence electrons. The van der Waals surface area contributed by atoms with Gasteiger partial charge >= 0.3 is 5.97 Å². The normalized spacial score (nSPS) is 12.8. The van der Waals surface area contributed by atoms with Crippen molar-refractivity contribution in [3.05, 3.63) is 22.6 Å². The van der Waals surface area contributed by atoms with Gasteiger partial charge in [0.25, 0.3) is 0 Å². The molecular weight excluding hydrogens is 226 g/mol. The molecule has 0 amide bonds. The lowest BCUT2D eigenvalue weighted by molar-refractivity contribution is -0.138. The molecule has 0 bridgehead atoms. The van der Waals surface area contributed by atoms with Crippen LogP contribution in [-0.4, -0.2) is 17.1 Å². The number of rotatable bonds is 3. The molecule has 0 aliphatic heterocycles. The van der Waals surface area contributed by atoms with E-state index in [-0.39, 0.29) is 6.42 Å². The Kier molecular flexibility index (Phi) is 2.88. The van der Waals surface area contributed by atoms with Gasteiger partial charge in [-0.3, -0.25) is 4.79 Å². The highest BCUT2D eigenvalue weighted by Gasteiger charge is 2.13. The van der Waals surface area contributed by atoms with Crippen LogP contribution in [0.15, 0.2) is 21.2 Å². The second kappa shape index (κ2) is 3.73. The molecule has 0 spiro atoms. The third kappa shape index (κ3) is 2.35. The Bertz CT molecular complexity index is 284. The number of carboxylic acid groups (broad SMARTS) is 1. The summed E-state index contributed by atoms with van der Waals surface area (Å²) < 4.78 is 5.78. The Labute approximate surface area is 77.5 Å². The van der Waals surface area contributed by atoms with Crippen LogP contribution in [0.25, 0.3) is 0 Å². The van der Waals surface area contributed by atoms with E-state index in [9.17, 15) is 4.79 Å². The molecule has 5 heteroatoms. The lowest BCUT2D eigenvalue weighted by Crippen LogP contribution is -2.32. The van der Waals surface area contributed by atoms with E-state index in [4.69, 9.17) is 15.3 Å². The summed E-state index contributed by atoms with van der Waals surface area (Å²) in [6.45, 7) is 0. The highest BCUT2D eigenvalue weighted by atomic mass is 79.9. The van der Waals surface area contributed by atoms with Gasteiger partial charge in [0, 0.05) is 6.42 Å². The fourth-order valence-corrected chi connectivity index (χ4v) is 1.11. The van der Waals surface area contributed by atoms with Crippen LogP contribution in [0.3, 0.4) is 0 Å². The zero-order valence-electron chi connectivity index (χ0n) is 6.16. The summed E-state index contributed by atoms with van der Waals surface area (Å²) in [5, 5.41) is 8.47. The number of aliphatic carboxylic acids is 1. The van der Waals surface area contributed by atoms with E-state index < -0.39 is 12.0 Å². The summed E-state index contributed by atoms with van der Waals surface area (Å²) in [6.07, 6.45) is 1.70. The second-order valence-corrected chi connectivity index (χ2v) is 3.30. The fourth-order valence-electron chi connectivity index (χ4n) is 0.765. The standard InChI is InChI=1S/C7H8BrNO3/c8-4-1-5(12-3-4)2-6(9)7(10)11/h1,3,6H,2,9H2,(H,10,11). The number of halogens is 1. The number of nitrogens with two attached hydrogens (primary N) is 1. The van der Waals surface area contributed by atoms with Crippen LogP contribution in [0.2, 0.25) is 0 Å². The number of furan rings is 1. The smallest absolute Gasteiger partial charge is 0.320 e. The monoisotopic (exact) mass is 233 g/mol. The Hall–Kier alpha value is -0.810. The minimum Gasteiger partial charge on any atom is -0.480 e. The highest BCUT2D eigenvalue weighted by Crippen LogP contribution is 2.14. The van der Waals surface area contributed by atoms with Crippen molar-refractivity contribution < 1.29 is 14.3 Å². The molecule has 0 aliphatic carbocycles. The topological polar surface area (TPSA) is 76.5 Å². The second-order valence-electron chi connectivity index (χ2n) is 2.38. The lowest BCUT2D eigenvalue weighted by Gasteiger charge is -2.01. The largest absolute Gasteiger partial charge is 0.480 e. The van der Waals surface area contributed by atoms with E-state index in [0.717, 1.165) is 4.47 Å². The molecule has 0 radical (unpaired) electrons. The molecule has 3 N–H and O–H groups in total. The molecule has 1 aromatic rings. The lowest BCUT2D eigenvalue weighted by atomic mass is 10.2. The number of hydrogen-bond acceptors (Lipinski definition) is 3. The highest BCUT2D eigenvalue weighted by molar-refractivity contribution is 9.10. The van der Waals surface area contributed by atoms with Gasteiger partial charge in [0.1, 0.15) is 18.1 Å². The van der Waals surface area contributed by atoms with Crippen LogP contribution in [0, 0.1) is 0 Å². The summed E-state index contributed by atoms with van der Waals surface area (Å²) in [7, 11) is 0. The van der Waals surface area contributed by atoms with Crippen LogP contribution in [0.5, 0.6) is 0 Å². The van der Waals surface area contributed by atoms with Gasteiger partial charge in [0.2, 0.25) is 0 Å². The average Bonchev–Trinajstić information content (AvgIpc) is 2.35. The first kappa shape index (κ1) is 9.28. The minimum absolute atomic E-state index is 0.209. The van der Waals surface area contributed by atoms with E-state index in [1.165, 1.54) is 6.26 Å². The van der Waals surface area contributed by atoms with Crippen LogP contribution in [0.4, 0.5) is 0 Å². The molecule has 0 saturated carbocycles. The van der Waals surface area contributed by atoms with Gasteiger partial charge in [-0.05, 0) is 22.0 Å². The molecule has 0 aliphatic rings. The van der Waals surface area contributed by atoms with Crippen LogP contribution in [-0.2, 0) is 11.2 Å². The van der Waals surface area contributed by atoms with Crippen molar-refractivity contribution >= 4 is 21.9 Å². The molecular formula is C7H8BrNO3. The van der Waals surface area contributed by atoms with Gasteiger partial charge in [-0.15, -0.1) is 0 Å². The Morgan fingerprint density at radius 1 is 1.83 bits per heavy atom. The van der Waals surface area contributed by atoms with Crippen molar-refractivity contribution in [1.29, 1.82) is 0 Å². The maximum atomic E-state index is 10.3. The van der Waals surface area contributed by atoms with E-state index in [0.29, 0.717) is 5.76 Å². The predicted octanol–water partition coefficient (Wildman–Crippen LogP) is 0.997. The van der Waals surface area contributed by atoms with E-state index in [2.05, 4.69) is 15.9 Å². The maximum absolute atomic E-state index is 10.3. The van der Waals surface area contributed by atoms with E-state index >= 15 is 0 Å². The van der Waals surface area contributed by atoms with Crippen molar-refractivity contribution in [3.63, 3.8) is 0 Å². The predicted molar refractivity (Wildman–Crippen MR) is 45.7 cm³/mol. The maximum Gasteiger partial charge on any atom is 0.320 e. The van der Waals surface area contributed by atoms with Gasteiger partial charge in [-0.2, -0.15) is 0 Å². The molecule has 1 heterocycles.